The maximum absolute atomic E-state index is 13.3. The van der Waals surface area contributed by atoms with Crippen LogP contribution in [0.3, 0.4) is 0 Å². The third kappa shape index (κ3) is 4.78. The molecular weight excluding hydrogens is 397 g/mol. The van der Waals surface area contributed by atoms with Crippen molar-refractivity contribution < 1.29 is 22.8 Å². The minimum Gasteiger partial charge on any atom is -0.399 e. The van der Waals surface area contributed by atoms with Crippen LogP contribution in [0.15, 0.2) is 42.5 Å². The highest BCUT2D eigenvalue weighted by molar-refractivity contribution is 6.11. The van der Waals surface area contributed by atoms with E-state index in [0.717, 1.165) is 17.7 Å². The molecule has 0 saturated carbocycles. The highest BCUT2D eigenvalue weighted by atomic mass is 19.4. The molecule has 0 heterocycles. The second-order valence-electron chi connectivity index (χ2n) is 7.28. The van der Waals surface area contributed by atoms with Gasteiger partial charge in [-0.05, 0) is 56.8 Å². The van der Waals surface area contributed by atoms with Crippen molar-refractivity contribution in [2.45, 2.75) is 32.1 Å². The largest absolute Gasteiger partial charge is 0.417 e. The molecule has 158 valence electrons. The standard InChI is InChI=1S/C21H21F3N4O2/c1-20(2,27(3)12-14-4-7-16(26)8-5-14)19(30)28(13-29)17-9-6-15(11-25)18(10-17)21(22,23)24/h4-10,13H,12,26H2,1-3H3. The number of alkyl halides is 3. The summed E-state index contributed by atoms with van der Waals surface area (Å²) >= 11 is 0. The Balaban J connectivity index is 2.35. The number of nitrogen functional groups attached to an aromatic ring is 1. The third-order valence-corrected chi connectivity index (χ3v) is 4.91. The summed E-state index contributed by atoms with van der Waals surface area (Å²) in [5.41, 5.74) is 3.81. The first-order valence-corrected chi connectivity index (χ1v) is 8.87. The first-order valence-electron chi connectivity index (χ1n) is 8.87. The normalized spacial score (nSPS) is 11.8. The van der Waals surface area contributed by atoms with Crippen LogP contribution in [0.5, 0.6) is 0 Å². The van der Waals surface area contributed by atoms with Crippen molar-refractivity contribution in [1.29, 1.82) is 5.26 Å². The first kappa shape index (κ1) is 22.9. The molecular formula is C21H21F3N4O2. The van der Waals surface area contributed by atoms with Crippen LogP contribution in [0.25, 0.3) is 0 Å². The van der Waals surface area contributed by atoms with Crippen LogP contribution in [-0.2, 0) is 22.3 Å². The summed E-state index contributed by atoms with van der Waals surface area (Å²) in [5.74, 6) is -0.715. The number of amides is 2. The number of nitrogens with two attached hydrogens (primary N) is 1. The zero-order chi connectivity index (χ0) is 22.7. The van der Waals surface area contributed by atoms with Gasteiger partial charge in [-0.2, -0.15) is 18.4 Å². The first-order chi connectivity index (χ1) is 13.9. The van der Waals surface area contributed by atoms with E-state index in [0.29, 0.717) is 23.2 Å². The maximum atomic E-state index is 13.3. The number of rotatable bonds is 6. The highest BCUT2D eigenvalue weighted by Crippen LogP contribution is 2.35. The number of likely N-dealkylation sites (N-methyl/N-ethyl adjacent to an activating group) is 1. The fraction of sp³-hybridized carbons (Fsp3) is 0.286. The predicted molar refractivity (Wildman–Crippen MR) is 106 cm³/mol. The van der Waals surface area contributed by atoms with Gasteiger partial charge in [-0.3, -0.25) is 19.4 Å². The molecule has 0 saturated heterocycles. The quantitative estimate of drug-likeness (QED) is 0.572. The third-order valence-electron chi connectivity index (χ3n) is 4.91. The number of halogens is 3. The summed E-state index contributed by atoms with van der Waals surface area (Å²) in [6.07, 6.45) is -4.64. The number of nitrogens with zero attached hydrogens (tertiary/aromatic N) is 3. The molecule has 0 atom stereocenters. The summed E-state index contributed by atoms with van der Waals surface area (Å²) in [6.45, 7) is 3.47. The van der Waals surface area contributed by atoms with Gasteiger partial charge in [0.05, 0.1) is 28.4 Å². The lowest BCUT2D eigenvalue weighted by Gasteiger charge is -2.36. The average molecular weight is 418 g/mol. The molecule has 0 spiro atoms. The van der Waals surface area contributed by atoms with Crippen molar-refractivity contribution in [3.8, 4) is 6.07 Å². The van der Waals surface area contributed by atoms with Crippen molar-refractivity contribution in [2.75, 3.05) is 17.7 Å². The number of anilines is 2. The van der Waals surface area contributed by atoms with Gasteiger partial charge in [-0.25, -0.2) is 0 Å². The van der Waals surface area contributed by atoms with Crippen LogP contribution >= 0.6 is 0 Å². The van der Waals surface area contributed by atoms with Crippen molar-refractivity contribution in [1.82, 2.24) is 4.90 Å². The van der Waals surface area contributed by atoms with Gasteiger partial charge in [0.1, 0.15) is 0 Å². The molecule has 2 amide bonds. The van der Waals surface area contributed by atoms with Crippen molar-refractivity contribution in [3.63, 3.8) is 0 Å². The van der Waals surface area contributed by atoms with Gasteiger partial charge in [0.15, 0.2) is 0 Å². The summed E-state index contributed by atoms with van der Waals surface area (Å²) in [7, 11) is 1.66. The fourth-order valence-electron chi connectivity index (χ4n) is 2.79. The Hall–Kier alpha value is -3.38. The Bertz CT molecular complexity index is 979. The zero-order valence-corrected chi connectivity index (χ0v) is 16.7. The number of benzene rings is 2. The highest BCUT2D eigenvalue weighted by Gasteiger charge is 2.38. The van der Waals surface area contributed by atoms with E-state index in [4.69, 9.17) is 11.0 Å². The fourth-order valence-corrected chi connectivity index (χ4v) is 2.79. The molecule has 2 aromatic carbocycles. The molecule has 30 heavy (non-hydrogen) atoms. The van der Waals surface area contributed by atoms with E-state index in [1.54, 1.807) is 50.1 Å². The van der Waals surface area contributed by atoms with E-state index < -0.39 is 28.7 Å². The minimum atomic E-state index is -4.81. The van der Waals surface area contributed by atoms with Crippen molar-refractivity contribution in [2.24, 2.45) is 0 Å². The van der Waals surface area contributed by atoms with E-state index in [-0.39, 0.29) is 12.1 Å². The number of imide groups is 1. The molecule has 0 aliphatic carbocycles. The Kier molecular flexibility index (Phi) is 6.53. The lowest BCUT2D eigenvalue weighted by Crippen LogP contribution is -2.54. The molecule has 0 aliphatic rings. The molecule has 0 aromatic heterocycles. The van der Waals surface area contributed by atoms with Crippen LogP contribution in [0.2, 0.25) is 0 Å². The molecule has 0 unspecified atom stereocenters. The number of hydrogen-bond donors (Lipinski definition) is 1. The van der Waals surface area contributed by atoms with Crippen LogP contribution in [-0.4, -0.2) is 29.8 Å². The summed E-state index contributed by atoms with van der Waals surface area (Å²) in [5, 5.41) is 8.92. The average Bonchev–Trinajstić information content (AvgIpc) is 2.69. The van der Waals surface area contributed by atoms with Crippen LogP contribution in [0.1, 0.15) is 30.5 Å². The van der Waals surface area contributed by atoms with Gasteiger partial charge in [0.25, 0.3) is 5.91 Å². The molecule has 2 rings (SSSR count). The number of carbonyl (C=O) groups is 2. The maximum Gasteiger partial charge on any atom is 0.417 e. The van der Waals surface area contributed by atoms with Gasteiger partial charge >= 0.3 is 6.18 Å². The van der Waals surface area contributed by atoms with E-state index in [2.05, 4.69) is 0 Å². The van der Waals surface area contributed by atoms with Gasteiger partial charge < -0.3 is 5.73 Å². The van der Waals surface area contributed by atoms with Gasteiger partial charge in [0.2, 0.25) is 6.41 Å². The Morgan fingerprint density at radius 3 is 2.27 bits per heavy atom. The van der Waals surface area contributed by atoms with E-state index in [9.17, 15) is 22.8 Å². The SMILES string of the molecule is CN(Cc1ccc(N)cc1)C(C)(C)C(=O)N(C=O)c1ccc(C#N)c(C(F)(F)F)c1. The lowest BCUT2D eigenvalue weighted by atomic mass is 9.99. The molecule has 0 fully saturated rings. The molecule has 6 nitrogen and oxygen atoms in total. The zero-order valence-electron chi connectivity index (χ0n) is 16.7. The smallest absolute Gasteiger partial charge is 0.399 e. The van der Waals surface area contributed by atoms with Crippen molar-refractivity contribution in [3.05, 3.63) is 59.2 Å². The number of nitriles is 1. The second-order valence-corrected chi connectivity index (χ2v) is 7.28. The predicted octanol–water partition coefficient (Wildman–Crippen LogP) is 3.56. The Morgan fingerprint density at radius 2 is 1.77 bits per heavy atom. The second kappa shape index (κ2) is 8.55. The van der Waals surface area contributed by atoms with Crippen molar-refractivity contribution >= 4 is 23.7 Å². The monoisotopic (exact) mass is 418 g/mol. The molecule has 0 radical (unpaired) electrons. The van der Waals surface area contributed by atoms with E-state index in [1.165, 1.54) is 6.07 Å². The lowest BCUT2D eigenvalue weighted by molar-refractivity contribution is -0.138. The van der Waals surface area contributed by atoms with E-state index in [1.807, 2.05) is 0 Å². The molecule has 2 aromatic rings. The minimum absolute atomic E-state index is 0.169. The molecule has 0 bridgehead atoms. The number of carbonyl (C=O) groups excluding carboxylic acids is 2. The number of hydrogen-bond acceptors (Lipinski definition) is 5. The van der Waals surface area contributed by atoms with Gasteiger partial charge in [-0.1, -0.05) is 12.1 Å². The topological polar surface area (TPSA) is 90.4 Å². The van der Waals surface area contributed by atoms with Crippen LogP contribution in [0.4, 0.5) is 24.5 Å². The molecule has 9 heteroatoms. The molecule has 2 N–H and O–H groups in total. The van der Waals surface area contributed by atoms with Crippen LogP contribution < -0.4 is 10.6 Å². The summed E-state index contributed by atoms with van der Waals surface area (Å²) in [4.78, 5) is 27.0. The van der Waals surface area contributed by atoms with Gasteiger partial charge in [0, 0.05) is 12.2 Å². The molecule has 0 aliphatic heterocycles. The van der Waals surface area contributed by atoms with Crippen LogP contribution in [0, 0.1) is 11.3 Å². The Morgan fingerprint density at radius 1 is 1.17 bits per heavy atom. The Labute approximate surface area is 172 Å². The van der Waals surface area contributed by atoms with Gasteiger partial charge in [-0.15, -0.1) is 0 Å². The summed E-state index contributed by atoms with van der Waals surface area (Å²) in [6, 6.07) is 11.2. The summed E-state index contributed by atoms with van der Waals surface area (Å²) < 4.78 is 39.8. The van der Waals surface area contributed by atoms with E-state index >= 15 is 0 Å².